The third-order valence-corrected chi connectivity index (χ3v) is 3.68. The van der Waals surface area contributed by atoms with Gasteiger partial charge in [0.1, 0.15) is 5.72 Å². The fourth-order valence-electron chi connectivity index (χ4n) is 3.22. The zero-order valence-corrected chi connectivity index (χ0v) is 6.81. The van der Waals surface area contributed by atoms with Gasteiger partial charge in [0.25, 0.3) is 0 Å². The van der Waals surface area contributed by atoms with Crippen LogP contribution in [0.5, 0.6) is 0 Å². The number of hydrogen-bond donors (Lipinski definition) is 1. The van der Waals surface area contributed by atoms with Crippen LogP contribution in [0.15, 0.2) is 0 Å². The summed E-state index contributed by atoms with van der Waals surface area (Å²) in [6, 6.07) is 0. The highest BCUT2D eigenvalue weighted by Crippen LogP contribution is 2.52. The Kier molecular flexibility index (Phi) is 1.16. The molecule has 3 aliphatic rings. The second kappa shape index (κ2) is 1.99. The fraction of sp³-hybridized carbons (Fsp3) is 1.00. The molecule has 0 aromatic rings. The summed E-state index contributed by atoms with van der Waals surface area (Å²) in [4.78, 5) is 0. The number of nitrogens with one attached hydrogen (secondary N) is 1. The lowest BCUT2D eigenvalue weighted by atomic mass is 9.92. The van der Waals surface area contributed by atoms with Crippen LogP contribution in [0.3, 0.4) is 0 Å². The van der Waals surface area contributed by atoms with E-state index in [-0.39, 0.29) is 5.72 Å². The molecule has 1 aliphatic heterocycles. The number of fused-ring (bicyclic) bond motifs is 3. The van der Waals surface area contributed by atoms with Crippen LogP contribution in [0.1, 0.15) is 25.7 Å². The van der Waals surface area contributed by atoms with Gasteiger partial charge in [-0.1, -0.05) is 0 Å². The molecule has 3 atom stereocenters. The predicted octanol–water partition coefficient (Wildman–Crippen LogP) is 1.12. The predicted molar refractivity (Wildman–Crippen MR) is 42.1 cm³/mol. The highest BCUT2D eigenvalue weighted by atomic mass is 16.5. The molecule has 3 unspecified atom stereocenters. The average molecular weight is 153 g/mol. The lowest BCUT2D eigenvalue weighted by Gasteiger charge is -2.32. The van der Waals surface area contributed by atoms with Crippen molar-refractivity contribution in [2.24, 2.45) is 11.8 Å². The van der Waals surface area contributed by atoms with Gasteiger partial charge in [0.2, 0.25) is 0 Å². The minimum atomic E-state index is 0.156. The van der Waals surface area contributed by atoms with Crippen LogP contribution in [0.4, 0.5) is 0 Å². The Bertz CT molecular complexity index is 174. The molecule has 3 fully saturated rings. The Balaban J connectivity index is 1.88. The van der Waals surface area contributed by atoms with E-state index < -0.39 is 0 Å². The molecule has 1 spiro atoms. The molecule has 0 aromatic heterocycles. The van der Waals surface area contributed by atoms with Crippen LogP contribution < -0.4 is 5.32 Å². The highest BCUT2D eigenvalue weighted by Gasteiger charge is 2.53. The van der Waals surface area contributed by atoms with E-state index in [1.54, 1.807) is 0 Å². The highest BCUT2D eigenvalue weighted by molar-refractivity contribution is 5.02. The molecule has 62 valence electrons. The Hall–Kier alpha value is -0.0800. The van der Waals surface area contributed by atoms with Crippen molar-refractivity contribution in [3.63, 3.8) is 0 Å². The van der Waals surface area contributed by atoms with Crippen molar-refractivity contribution in [3.8, 4) is 0 Å². The first kappa shape index (κ1) is 6.44. The zero-order valence-electron chi connectivity index (χ0n) is 6.81. The fourth-order valence-corrected chi connectivity index (χ4v) is 3.22. The van der Waals surface area contributed by atoms with Crippen LogP contribution >= 0.6 is 0 Å². The lowest BCUT2D eigenvalue weighted by molar-refractivity contribution is -0.0531. The van der Waals surface area contributed by atoms with Gasteiger partial charge in [-0.05, 0) is 31.6 Å². The Morgan fingerprint density at radius 1 is 1.36 bits per heavy atom. The molecular weight excluding hydrogens is 138 g/mol. The van der Waals surface area contributed by atoms with Gasteiger partial charge >= 0.3 is 0 Å². The summed E-state index contributed by atoms with van der Waals surface area (Å²) in [5.41, 5.74) is 0.156. The summed E-state index contributed by atoms with van der Waals surface area (Å²) >= 11 is 0. The SMILES string of the molecule is C1COC2(CC3CCC2C3)N1. The van der Waals surface area contributed by atoms with Crippen LogP contribution in [-0.2, 0) is 4.74 Å². The topological polar surface area (TPSA) is 21.3 Å². The van der Waals surface area contributed by atoms with Crippen LogP contribution in [0, 0.1) is 11.8 Å². The summed E-state index contributed by atoms with van der Waals surface area (Å²) in [6.45, 7) is 2.01. The zero-order chi connectivity index (χ0) is 7.31. The second-order valence-electron chi connectivity index (χ2n) is 4.24. The Morgan fingerprint density at radius 2 is 2.36 bits per heavy atom. The summed E-state index contributed by atoms with van der Waals surface area (Å²) in [5, 5.41) is 3.54. The van der Waals surface area contributed by atoms with Gasteiger partial charge < -0.3 is 4.74 Å². The minimum Gasteiger partial charge on any atom is -0.359 e. The third kappa shape index (κ3) is 0.744. The van der Waals surface area contributed by atoms with Crippen molar-refractivity contribution < 1.29 is 4.74 Å². The molecule has 2 nitrogen and oxygen atoms in total. The summed E-state index contributed by atoms with van der Waals surface area (Å²) in [5.74, 6) is 1.82. The first-order valence-corrected chi connectivity index (χ1v) is 4.78. The van der Waals surface area contributed by atoms with Gasteiger partial charge in [0.05, 0.1) is 6.61 Å². The van der Waals surface area contributed by atoms with Crippen LogP contribution in [-0.4, -0.2) is 18.9 Å². The van der Waals surface area contributed by atoms with Gasteiger partial charge in [0, 0.05) is 12.5 Å². The van der Waals surface area contributed by atoms with Gasteiger partial charge in [-0.2, -0.15) is 0 Å². The second-order valence-corrected chi connectivity index (χ2v) is 4.24. The van der Waals surface area contributed by atoms with Gasteiger partial charge in [-0.25, -0.2) is 0 Å². The van der Waals surface area contributed by atoms with E-state index in [1.165, 1.54) is 25.7 Å². The van der Waals surface area contributed by atoms with Crippen molar-refractivity contribution in [1.82, 2.24) is 5.32 Å². The molecule has 3 rings (SSSR count). The van der Waals surface area contributed by atoms with E-state index in [0.29, 0.717) is 0 Å². The Morgan fingerprint density at radius 3 is 2.91 bits per heavy atom. The van der Waals surface area contributed by atoms with Crippen LogP contribution in [0.2, 0.25) is 0 Å². The number of hydrogen-bond acceptors (Lipinski definition) is 2. The largest absolute Gasteiger partial charge is 0.359 e. The van der Waals surface area contributed by atoms with E-state index in [2.05, 4.69) is 5.32 Å². The first-order chi connectivity index (χ1) is 5.39. The number of ether oxygens (including phenoxy) is 1. The molecule has 1 N–H and O–H groups in total. The normalized spacial score (nSPS) is 54.5. The van der Waals surface area contributed by atoms with Gasteiger partial charge in [0.15, 0.2) is 0 Å². The maximum absolute atomic E-state index is 5.82. The minimum absolute atomic E-state index is 0.156. The summed E-state index contributed by atoms with van der Waals surface area (Å²) in [6.07, 6.45) is 5.57. The third-order valence-electron chi connectivity index (χ3n) is 3.68. The molecule has 1 saturated heterocycles. The molecular formula is C9H15NO. The summed E-state index contributed by atoms with van der Waals surface area (Å²) in [7, 11) is 0. The molecule has 2 aliphatic carbocycles. The number of rotatable bonds is 0. The van der Waals surface area contributed by atoms with Gasteiger partial charge in [-0.3, -0.25) is 5.32 Å². The molecule has 2 bridgehead atoms. The molecule has 2 heteroatoms. The van der Waals surface area contributed by atoms with Crippen molar-refractivity contribution in [1.29, 1.82) is 0 Å². The maximum Gasteiger partial charge on any atom is 0.122 e. The van der Waals surface area contributed by atoms with Crippen LogP contribution in [0.25, 0.3) is 0 Å². The molecule has 11 heavy (non-hydrogen) atoms. The lowest BCUT2D eigenvalue weighted by Crippen LogP contribution is -2.45. The summed E-state index contributed by atoms with van der Waals surface area (Å²) < 4.78 is 5.82. The molecule has 1 heterocycles. The van der Waals surface area contributed by atoms with E-state index in [4.69, 9.17) is 4.74 Å². The van der Waals surface area contributed by atoms with E-state index in [1.807, 2.05) is 0 Å². The molecule has 0 radical (unpaired) electrons. The smallest absolute Gasteiger partial charge is 0.122 e. The monoisotopic (exact) mass is 153 g/mol. The molecule has 2 saturated carbocycles. The van der Waals surface area contributed by atoms with Crippen molar-refractivity contribution >= 4 is 0 Å². The molecule has 0 amide bonds. The maximum atomic E-state index is 5.82. The average Bonchev–Trinajstić information content (AvgIpc) is 2.64. The standard InChI is InChI=1S/C9H15NO/c1-2-8-5-7(1)6-9(8)10-3-4-11-9/h7-8,10H,1-6H2. The van der Waals surface area contributed by atoms with Crippen molar-refractivity contribution in [3.05, 3.63) is 0 Å². The van der Waals surface area contributed by atoms with E-state index in [9.17, 15) is 0 Å². The van der Waals surface area contributed by atoms with E-state index >= 15 is 0 Å². The molecule has 0 aromatic carbocycles. The first-order valence-electron chi connectivity index (χ1n) is 4.78. The van der Waals surface area contributed by atoms with Crippen molar-refractivity contribution in [2.45, 2.75) is 31.4 Å². The van der Waals surface area contributed by atoms with Gasteiger partial charge in [-0.15, -0.1) is 0 Å². The Labute approximate surface area is 67.3 Å². The van der Waals surface area contributed by atoms with Crippen molar-refractivity contribution in [2.75, 3.05) is 13.2 Å². The van der Waals surface area contributed by atoms with E-state index in [0.717, 1.165) is 25.0 Å². The quantitative estimate of drug-likeness (QED) is 0.563.